The Morgan fingerprint density at radius 2 is 1.50 bits per heavy atom. The van der Waals surface area contributed by atoms with Crippen LogP contribution in [0.1, 0.15) is 73.1 Å². The highest BCUT2D eigenvalue weighted by Gasteiger charge is 2.15. The maximum absolute atomic E-state index is 2.43. The fourth-order valence-electron chi connectivity index (χ4n) is 2.14. The van der Waals surface area contributed by atoms with Gasteiger partial charge in [0.2, 0.25) is 0 Å². The number of unbranched alkanes of at least 4 members (excludes halogenated alkanes) is 1. The van der Waals surface area contributed by atoms with Gasteiger partial charge in [0.25, 0.3) is 0 Å². The maximum atomic E-state index is 2.43. The van der Waals surface area contributed by atoms with E-state index in [0.717, 1.165) is 17.8 Å². The van der Waals surface area contributed by atoms with Crippen LogP contribution in [0.3, 0.4) is 0 Å². The monoisotopic (exact) mass is 198 g/mol. The second-order valence-corrected chi connectivity index (χ2v) is 5.02. The molecular formula is C14H30. The van der Waals surface area contributed by atoms with Crippen LogP contribution >= 0.6 is 0 Å². The third-order valence-electron chi connectivity index (χ3n) is 3.86. The molecule has 0 aromatic rings. The lowest BCUT2D eigenvalue weighted by atomic mass is 9.82. The topological polar surface area (TPSA) is 0 Å². The standard InChI is InChI=1S/C14H30/c1-6-9-10-14(8-3)11-13(5)12(4)7-2/h12-14H,6-11H2,1-5H3. The van der Waals surface area contributed by atoms with Gasteiger partial charge in [0.1, 0.15) is 0 Å². The summed E-state index contributed by atoms with van der Waals surface area (Å²) in [5.74, 6) is 2.81. The molecule has 0 spiro atoms. The van der Waals surface area contributed by atoms with E-state index in [4.69, 9.17) is 0 Å². The molecule has 3 unspecified atom stereocenters. The molecular weight excluding hydrogens is 168 g/mol. The fourth-order valence-corrected chi connectivity index (χ4v) is 2.14. The van der Waals surface area contributed by atoms with Gasteiger partial charge in [0, 0.05) is 0 Å². The summed E-state index contributed by atoms with van der Waals surface area (Å²) in [6.45, 7) is 11.8. The molecule has 0 saturated carbocycles. The Bertz CT molecular complexity index is 117. The van der Waals surface area contributed by atoms with E-state index in [0.29, 0.717) is 0 Å². The smallest absolute Gasteiger partial charge is 0.0414 e. The molecule has 0 aliphatic heterocycles. The molecule has 86 valence electrons. The van der Waals surface area contributed by atoms with Crippen molar-refractivity contribution in [3.05, 3.63) is 0 Å². The van der Waals surface area contributed by atoms with E-state index in [2.05, 4.69) is 34.6 Å². The zero-order valence-electron chi connectivity index (χ0n) is 11.0. The Balaban J connectivity index is 3.79. The molecule has 14 heavy (non-hydrogen) atoms. The van der Waals surface area contributed by atoms with Crippen LogP contribution in [-0.4, -0.2) is 0 Å². The van der Waals surface area contributed by atoms with Crippen LogP contribution in [0.4, 0.5) is 0 Å². The molecule has 0 fully saturated rings. The molecule has 0 aliphatic rings. The Kier molecular flexibility index (Phi) is 8.32. The number of hydrogen-bond donors (Lipinski definition) is 0. The van der Waals surface area contributed by atoms with Crippen LogP contribution in [-0.2, 0) is 0 Å². The van der Waals surface area contributed by atoms with E-state index in [1.807, 2.05) is 0 Å². The van der Waals surface area contributed by atoms with Crippen molar-refractivity contribution in [1.29, 1.82) is 0 Å². The van der Waals surface area contributed by atoms with E-state index in [9.17, 15) is 0 Å². The Labute approximate surface area is 91.5 Å². The van der Waals surface area contributed by atoms with Crippen molar-refractivity contribution in [3.8, 4) is 0 Å². The van der Waals surface area contributed by atoms with Gasteiger partial charge in [-0.15, -0.1) is 0 Å². The van der Waals surface area contributed by atoms with Crippen molar-refractivity contribution in [2.45, 2.75) is 73.1 Å². The molecule has 0 amide bonds. The van der Waals surface area contributed by atoms with Crippen LogP contribution in [0.2, 0.25) is 0 Å². The van der Waals surface area contributed by atoms with Crippen molar-refractivity contribution >= 4 is 0 Å². The summed E-state index contributed by atoms with van der Waals surface area (Å²) in [6, 6.07) is 0. The SMILES string of the molecule is CCCCC(CC)CC(C)C(C)CC. The first kappa shape index (κ1) is 14.0. The number of hydrogen-bond acceptors (Lipinski definition) is 0. The Morgan fingerprint density at radius 1 is 0.857 bits per heavy atom. The van der Waals surface area contributed by atoms with Gasteiger partial charge in [0.15, 0.2) is 0 Å². The molecule has 3 atom stereocenters. The van der Waals surface area contributed by atoms with E-state index in [-0.39, 0.29) is 0 Å². The highest BCUT2D eigenvalue weighted by Crippen LogP contribution is 2.27. The largest absolute Gasteiger partial charge is 0.0654 e. The van der Waals surface area contributed by atoms with Crippen LogP contribution in [0.25, 0.3) is 0 Å². The summed E-state index contributed by atoms with van der Waals surface area (Å²) in [5.41, 5.74) is 0. The summed E-state index contributed by atoms with van der Waals surface area (Å²) in [6.07, 6.45) is 8.39. The lowest BCUT2D eigenvalue weighted by Crippen LogP contribution is -2.12. The minimum atomic E-state index is 0.908. The van der Waals surface area contributed by atoms with Crippen molar-refractivity contribution in [2.75, 3.05) is 0 Å². The van der Waals surface area contributed by atoms with E-state index in [1.165, 1.54) is 38.5 Å². The second kappa shape index (κ2) is 8.32. The van der Waals surface area contributed by atoms with Gasteiger partial charge in [0.05, 0.1) is 0 Å². The van der Waals surface area contributed by atoms with E-state index < -0.39 is 0 Å². The van der Waals surface area contributed by atoms with Crippen LogP contribution in [0.15, 0.2) is 0 Å². The predicted octanol–water partition coefficient (Wildman–Crippen LogP) is 5.28. The van der Waals surface area contributed by atoms with E-state index in [1.54, 1.807) is 0 Å². The van der Waals surface area contributed by atoms with Crippen LogP contribution < -0.4 is 0 Å². The first-order chi connectivity index (χ1) is 6.65. The molecule has 0 aliphatic carbocycles. The maximum Gasteiger partial charge on any atom is -0.0414 e. The highest BCUT2D eigenvalue weighted by molar-refractivity contribution is 4.66. The fraction of sp³-hybridized carbons (Fsp3) is 1.00. The van der Waals surface area contributed by atoms with Gasteiger partial charge >= 0.3 is 0 Å². The molecule has 0 heterocycles. The molecule has 0 aromatic heterocycles. The number of rotatable bonds is 8. The Morgan fingerprint density at radius 3 is 1.93 bits per heavy atom. The molecule has 0 saturated heterocycles. The van der Waals surface area contributed by atoms with Crippen LogP contribution in [0.5, 0.6) is 0 Å². The predicted molar refractivity (Wildman–Crippen MR) is 66.5 cm³/mol. The van der Waals surface area contributed by atoms with Crippen molar-refractivity contribution in [1.82, 2.24) is 0 Å². The molecule has 0 heteroatoms. The van der Waals surface area contributed by atoms with Crippen molar-refractivity contribution in [2.24, 2.45) is 17.8 Å². The van der Waals surface area contributed by atoms with E-state index >= 15 is 0 Å². The minimum Gasteiger partial charge on any atom is -0.0654 e. The molecule has 0 bridgehead atoms. The zero-order valence-corrected chi connectivity index (χ0v) is 11.0. The molecule has 0 nitrogen and oxygen atoms in total. The average molecular weight is 198 g/mol. The second-order valence-electron chi connectivity index (χ2n) is 5.02. The van der Waals surface area contributed by atoms with Gasteiger partial charge in [-0.05, 0) is 24.2 Å². The van der Waals surface area contributed by atoms with Gasteiger partial charge < -0.3 is 0 Å². The zero-order chi connectivity index (χ0) is 11.0. The minimum absolute atomic E-state index is 0.908. The first-order valence-corrected chi connectivity index (χ1v) is 6.65. The summed E-state index contributed by atoms with van der Waals surface area (Å²) >= 11 is 0. The average Bonchev–Trinajstić information content (AvgIpc) is 2.22. The summed E-state index contributed by atoms with van der Waals surface area (Å²) in [4.78, 5) is 0. The summed E-state index contributed by atoms with van der Waals surface area (Å²) in [7, 11) is 0. The Hall–Kier alpha value is 0. The van der Waals surface area contributed by atoms with Gasteiger partial charge in [-0.25, -0.2) is 0 Å². The summed E-state index contributed by atoms with van der Waals surface area (Å²) in [5, 5.41) is 0. The molecule has 0 aromatic carbocycles. The van der Waals surface area contributed by atoms with Gasteiger partial charge in [-0.3, -0.25) is 0 Å². The summed E-state index contributed by atoms with van der Waals surface area (Å²) < 4.78 is 0. The molecule has 0 N–H and O–H groups in total. The first-order valence-electron chi connectivity index (χ1n) is 6.65. The van der Waals surface area contributed by atoms with Gasteiger partial charge in [-0.1, -0.05) is 66.7 Å². The highest BCUT2D eigenvalue weighted by atomic mass is 14.2. The van der Waals surface area contributed by atoms with Crippen molar-refractivity contribution in [3.63, 3.8) is 0 Å². The molecule has 0 rings (SSSR count). The molecule has 0 radical (unpaired) electrons. The normalized spacial score (nSPS) is 17.8. The quantitative estimate of drug-likeness (QED) is 0.498. The third-order valence-corrected chi connectivity index (χ3v) is 3.86. The van der Waals surface area contributed by atoms with Crippen LogP contribution in [0, 0.1) is 17.8 Å². The lowest BCUT2D eigenvalue weighted by molar-refractivity contribution is 0.279. The van der Waals surface area contributed by atoms with Gasteiger partial charge in [-0.2, -0.15) is 0 Å². The van der Waals surface area contributed by atoms with Crippen molar-refractivity contribution < 1.29 is 0 Å². The third kappa shape index (κ3) is 5.67. The lowest BCUT2D eigenvalue weighted by Gasteiger charge is -2.23.